The van der Waals surface area contributed by atoms with Crippen LogP contribution in [0.1, 0.15) is 53.9 Å². The summed E-state index contributed by atoms with van der Waals surface area (Å²) in [6.07, 6.45) is 0.761. The maximum Gasteiger partial charge on any atom is 0.257 e. The summed E-state index contributed by atoms with van der Waals surface area (Å²) < 4.78 is 14.6. The van der Waals surface area contributed by atoms with Crippen LogP contribution in [-0.2, 0) is 11.2 Å². The molecule has 3 rings (SSSR count). The largest absolute Gasteiger partial charge is 0.323 e. The zero-order valence-electron chi connectivity index (χ0n) is 19.6. The highest BCUT2D eigenvalue weighted by atomic mass is 19.1. The third-order valence-corrected chi connectivity index (χ3v) is 5.59. The average Bonchev–Trinajstić information content (AvgIpc) is 2.80. The Bertz CT molecular complexity index is 1110. The Kier molecular flexibility index (Phi) is 7.99. The third kappa shape index (κ3) is 5.67. The predicted molar refractivity (Wildman–Crippen MR) is 131 cm³/mol. The second-order valence-corrected chi connectivity index (χ2v) is 8.60. The highest BCUT2D eigenvalue weighted by Crippen LogP contribution is 2.29. The number of carbonyl (C=O) groups excluding carboxylic acids is 2. The molecule has 0 fully saturated rings. The number of benzene rings is 3. The second-order valence-electron chi connectivity index (χ2n) is 8.60. The zero-order valence-corrected chi connectivity index (χ0v) is 19.6. The number of para-hydroxylation sites is 1. The standard InChI is InChI=1S/C28H31FN2O2/c1-5-21-15-11-12-20(4)25(21)30-27(32)26(22-13-7-6-8-14-22)31(18-19(2)3)28(33)23-16-9-10-17-24(23)29/h6-17,19,26H,5,18H2,1-4H3,(H,30,32)/t26-/m1/s1. The number of carbonyl (C=O) groups is 2. The van der Waals surface area contributed by atoms with Gasteiger partial charge < -0.3 is 10.2 Å². The smallest absolute Gasteiger partial charge is 0.257 e. The molecule has 1 N–H and O–H groups in total. The Hall–Kier alpha value is -3.47. The molecule has 3 aromatic rings. The molecule has 0 radical (unpaired) electrons. The van der Waals surface area contributed by atoms with Crippen LogP contribution in [0.15, 0.2) is 72.8 Å². The average molecular weight is 447 g/mol. The molecule has 33 heavy (non-hydrogen) atoms. The molecular formula is C28H31FN2O2. The summed E-state index contributed by atoms with van der Waals surface area (Å²) in [6.45, 7) is 8.22. The van der Waals surface area contributed by atoms with E-state index in [1.165, 1.54) is 17.0 Å². The van der Waals surface area contributed by atoms with Gasteiger partial charge in [-0.05, 0) is 48.1 Å². The van der Waals surface area contributed by atoms with Gasteiger partial charge in [0.25, 0.3) is 11.8 Å². The van der Waals surface area contributed by atoms with Crippen LogP contribution in [0.25, 0.3) is 0 Å². The number of nitrogens with one attached hydrogen (secondary N) is 1. The molecule has 0 aliphatic carbocycles. The first-order valence-corrected chi connectivity index (χ1v) is 11.3. The van der Waals surface area contributed by atoms with Crippen LogP contribution < -0.4 is 5.32 Å². The number of rotatable bonds is 8. The summed E-state index contributed by atoms with van der Waals surface area (Å²) in [4.78, 5) is 28.8. The fourth-order valence-corrected chi connectivity index (χ4v) is 3.99. The number of hydrogen-bond donors (Lipinski definition) is 1. The van der Waals surface area contributed by atoms with Crippen molar-refractivity contribution in [3.05, 3.63) is 101 Å². The molecule has 0 aliphatic heterocycles. The Labute approximate surface area is 195 Å². The van der Waals surface area contributed by atoms with Crippen LogP contribution in [-0.4, -0.2) is 23.3 Å². The molecule has 2 amide bonds. The van der Waals surface area contributed by atoms with E-state index in [0.29, 0.717) is 12.1 Å². The van der Waals surface area contributed by atoms with E-state index < -0.39 is 17.8 Å². The highest BCUT2D eigenvalue weighted by Gasteiger charge is 2.33. The lowest BCUT2D eigenvalue weighted by Crippen LogP contribution is -2.43. The lowest BCUT2D eigenvalue weighted by atomic mass is 10.00. The van der Waals surface area contributed by atoms with Gasteiger partial charge in [-0.25, -0.2) is 4.39 Å². The van der Waals surface area contributed by atoms with Crippen LogP contribution in [0.2, 0.25) is 0 Å². The van der Waals surface area contributed by atoms with E-state index in [0.717, 1.165) is 23.2 Å². The fraction of sp³-hybridized carbons (Fsp3) is 0.286. The van der Waals surface area contributed by atoms with Crippen LogP contribution in [0, 0.1) is 18.7 Å². The molecule has 0 saturated heterocycles. The quantitative estimate of drug-likeness (QED) is 0.449. The van der Waals surface area contributed by atoms with Gasteiger partial charge in [-0.15, -0.1) is 0 Å². The van der Waals surface area contributed by atoms with Crippen molar-refractivity contribution in [3.8, 4) is 0 Å². The lowest BCUT2D eigenvalue weighted by Gasteiger charge is -2.33. The van der Waals surface area contributed by atoms with Crippen LogP contribution >= 0.6 is 0 Å². The molecular weight excluding hydrogens is 415 g/mol. The molecule has 0 unspecified atom stereocenters. The Morgan fingerprint density at radius 1 is 0.939 bits per heavy atom. The van der Waals surface area contributed by atoms with E-state index in [9.17, 15) is 14.0 Å². The molecule has 4 nitrogen and oxygen atoms in total. The first kappa shape index (κ1) is 24.2. The van der Waals surface area contributed by atoms with Gasteiger partial charge in [0.15, 0.2) is 0 Å². The monoisotopic (exact) mass is 446 g/mol. The van der Waals surface area contributed by atoms with Gasteiger partial charge in [-0.2, -0.15) is 0 Å². The van der Waals surface area contributed by atoms with Crippen LogP contribution in [0.5, 0.6) is 0 Å². The van der Waals surface area contributed by atoms with E-state index in [1.54, 1.807) is 12.1 Å². The van der Waals surface area contributed by atoms with Gasteiger partial charge in [-0.3, -0.25) is 9.59 Å². The normalized spacial score (nSPS) is 11.8. The summed E-state index contributed by atoms with van der Waals surface area (Å²) >= 11 is 0. The van der Waals surface area contributed by atoms with Crippen molar-refractivity contribution in [2.24, 2.45) is 5.92 Å². The van der Waals surface area contributed by atoms with E-state index in [2.05, 4.69) is 5.32 Å². The molecule has 5 heteroatoms. The van der Waals surface area contributed by atoms with Crippen molar-refractivity contribution in [3.63, 3.8) is 0 Å². The molecule has 3 aromatic carbocycles. The van der Waals surface area contributed by atoms with E-state index in [1.807, 2.05) is 76.2 Å². The van der Waals surface area contributed by atoms with Crippen LogP contribution in [0.3, 0.4) is 0 Å². The number of anilines is 1. The highest BCUT2D eigenvalue weighted by molar-refractivity contribution is 6.02. The SMILES string of the molecule is CCc1cccc(C)c1NC(=O)[C@@H](c1ccccc1)N(CC(C)C)C(=O)c1ccccc1F. The molecule has 0 saturated carbocycles. The minimum atomic E-state index is -0.912. The lowest BCUT2D eigenvalue weighted by molar-refractivity contribution is -0.121. The first-order chi connectivity index (χ1) is 15.8. The van der Waals surface area contributed by atoms with E-state index >= 15 is 0 Å². The molecule has 0 heterocycles. The minimum Gasteiger partial charge on any atom is -0.323 e. The van der Waals surface area contributed by atoms with Crippen molar-refractivity contribution in [1.29, 1.82) is 0 Å². The van der Waals surface area contributed by atoms with Crippen molar-refractivity contribution in [2.75, 3.05) is 11.9 Å². The summed E-state index contributed by atoms with van der Waals surface area (Å²) in [5, 5.41) is 3.08. The van der Waals surface area contributed by atoms with Gasteiger partial charge in [-0.1, -0.05) is 81.4 Å². The number of halogens is 1. The number of amides is 2. The Morgan fingerprint density at radius 2 is 1.61 bits per heavy atom. The Morgan fingerprint density at radius 3 is 2.24 bits per heavy atom. The second kappa shape index (κ2) is 10.9. The van der Waals surface area contributed by atoms with Gasteiger partial charge in [0.1, 0.15) is 11.9 Å². The minimum absolute atomic E-state index is 0.0444. The van der Waals surface area contributed by atoms with Gasteiger partial charge in [0.2, 0.25) is 0 Å². The van der Waals surface area contributed by atoms with Gasteiger partial charge >= 0.3 is 0 Å². The molecule has 0 aliphatic rings. The fourth-order valence-electron chi connectivity index (χ4n) is 3.99. The molecule has 0 aromatic heterocycles. The Balaban J connectivity index is 2.09. The number of nitrogens with zero attached hydrogens (tertiary/aromatic N) is 1. The summed E-state index contributed by atoms with van der Waals surface area (Å²) in [7, 11) is 0. The topological polar surface area (TPSA) is 49.4 Å². The van der Waals surface area contributed by atoms with Crippen molar-refractivity contribution in [1.82, 2.24) is 4.90 Å². The molecule has 0 spiro atoms. The van der Waals surface area contributed by atoms with Crippen LogP contribution in [0.4, 0.5) is 10.1 Å². The molecule has 172 valence electrons. The molecule has 1 atom stereocenters. The first-order valence-electron chi connectivity index (χ1n) is 11.3. The van der Waals surface area contributed by atoms with E-state index in [-0.39, 0.29) is 17.4 Å². The maximum atomic E-state index is 14.6. The predicted octanol–water partition coefficient (Wildman–Crippen LogP) is 6.17. The van der Waals surface area contributed by atoms with Crippen molar-refractivity contribution >= 4 is 17.5 Å². The van der Waals surface area contributed by atoms with Crippen molar-refractivity contribution in [2.45, 2.75) is 40.2 Å². The summed E-state index contributed by atoms with van der Waals surface area (Å²) in [6, 6.07) is 20.1. The molecule has 0 bridgehead atoms. The zero-order chi connectivity index (χ0) is 24.0. The number of hydrogen-bond acceptors (Lipinski definition) is 2. The van der Waals surface area contributed by atoms with Gasteiger partial charge in [0, 0.05) is 12.2 Å². The third-order valence-electron chi connectivity index (χ3n) is 5.59. The van der Waals surface area contributed by atoms with Gasteiger partial charge in [0.05, 0.1) is 5.56 Å². The summed E-state index contributed by atoms with van der Waals surface area (Å²) in [5.74, 6) is -1.36. The van der Waals surface area contributed by atoms with E-state index in [4.69, 9.17) is 0 Å². The maximum absolute atomic E-state index is 14.6. The summed E-state index contributed by atoms with van der Waals surface area (Å²) in [5.41, 5.74) is 3.36. The number of aryl methyl sites for hydroxylation is 2. The van der Waals surface area contributed by atoms with Crippen molar-refractivity contribution < 1.29 is 14.0 Å².